The molecular weight excluding hydrogens is 388 g/mol. The van der Waals surface area contributed by atoms with E-state index < -0.39 is 67.0 Å². The summed E-state index contributed by atoms with van der Waals surface area (Å²) in [7, 11) is 0. The van der Waals surface area contributed by atoms with E-state index in [1.54, 1.807) is 0 Å². The molecule has 2 aromatic rings. The highest BCUT2D eigenvalue weighted by atomic mass is 35.5. The summed E-state index contributed by atoms with van der Waals surface area (Å²) in [6, 6.07) is 0.413. The lowest BCUT2D eigenvalue weighted by Crippen LogP contribution is -2.02. The molecule has 0 saturated carbocycles. The quantitative estimate of drug-likeness (QED) is 0.228. The summed E-state index contributed by atoms with van der Waals surface area (Å²) in [4.78, 5) is 9.70. The number of nitro benzene ring substituents is 1. The number of halogens is 7. The summed E-state index contributed by atoms with van der Waals surface area (Å²) < 4.78 is 70.9. The highest BCUT2D eigenvalue weighted by Crippen LogP contribution is 2.46. The van der Waals surface area contributed by atoms with Crippen LogP contribution in [0.3, 0.4) is 0 Å². The molecule has 1 radical (unpaired) electrons. The third kappa shape index (κ3) is 2.78. The minimum Gasteiger partial charge on any atom is -0.441 e. The largest absolute Gasteiger partial charge is 0.441 e. The molecule has 24 heavy (non-hydrogen) atoms. The van der Waals surface area contributed by atoms with E-state index in [0.717, 1.165) is 0 Å². The van der Waals surface area contributed by atoms with Crippen molar-refractivity contribution in [1.82, 2.24) is 0 Å². The Bertz CT molecular complexity index is 848. The van der Waals surface area contributed by atoms with Crippen LogP contribution in [0.15, 0.2) is 6.07 Å². The molecule has 0 bridgehead atoms. The first-order valence-corrected chi connectivity index (χ1v) is 6.36. The van der Waals surface area contributed by atoms with Crippen LogP contribution < -0.4 is 4.74 Å². The van der Waals surface area contributed by atoms with E-state index in [9.17, 15) is 37.2 Å². The third-order valence-corrected chi connectivity index (χ3v) is 3.29. The molecule has 0 N–H and O–H groups in total. The van der Waals surface area contributed by atoms with Crippen LogP contribution in [0.4, 0.5) is 27.6 Å². The maximum absolute atomic E-state index is 13.6. The van der Waals surface area contributed by atoms with E-state index in [4.69, 9.17) is 23.2 Å². The average molecular weight is 389 g/mol. The fourth-order valence-electron chi connectivity index (χ4n) is 1.58. The first kappa shape index (κ1) is 18.0. The van der Waals surface area contributed by atoms with Crippen LogP contribution in [0.25, 0.3) is 0 Å². The first-order chi connectivity index (χ1) is 11.1. The minimum atomic E-state index is -2.41. The molecule has 0 atom stereocenters. The molecule has 0 fully saturated rings. The van der Waals surface area contributed by atoms with Gasteiger partial charge in [-0.2, -0.15) is 8.78 Å². The summed E-state index contributed by atoms with van der Waals surface area (Å²) in [5.41, 5.74) is -1.13. The van der Waals surface area contributed by atoms with Gasteiger partial charge in [-0.1, -0.05) is 23.2 Å². The number of hydrogen-bond acceptors (Lipinski definition) is 3. The lowest BCUT2D eigenvalue weighted by atomic mass is 10.2. The van der Waals surface area contributed by atoms with Crippen LogP contribution >= 0.6 is 23.2 Å². The van der Waals surface area contributed by atoms with Gasteiger partial charge in [0.05, 0.1) is 9.95 Å². The summed E-state index contributed by atoms with van der Waals surface area (Å²) in [6.45, 7) is 0. The van der Waals surface area contributed by atoms with Crippen molar-refractivity contribution in [3.05, 3.63) is 55.3 Å². The van der Waals surface area contributed by atoms with E-state index in [2.05, 4.69) is 4.74 Å². The van der Waals surface area contributed by atoms with Crippen molar-refractivity contribution in [2.75, 3.05) is 0 Å². The molecule has 0 heterocycles. The molecule has 0 aromatic heterocycles. The van der Waals surface area contributed by atoms with Crippen LogP contribution in [0.2, 0.25) is 10.0 Å². The van der Waals surface area contributed by atoms with Crippen LogP contribution in [0.1, 0.15) is 0 Å². The zero-order valence-corrected chi connectivity index (χ0v) is 12.3. The van der Waals surface area contributed by atoms with Gasteiger partial charge in [0.15, 0.2) is 5.82 Å². The average Bonchev–Trinajstić information content (AvgIpc) is 2.54. The van der Waals surface area contributed by atoms with Gasteiger partial charge in [0.1, 0.15) is 5.02 Å². The van der Waals surface area contributed by atoms with Gasteiger partial charge >= 0.3 is 5.69 Å². The van der Waals surface area contributed by atoms with E-state index in [0.29, 0.717) is 6.07 Å². The van der Waals surface area contributed by atoms with Gasteiger partial charge in [0.25, 0.3) is 5.75 Å². The predicted molar refractivity (Wildman–Crippen MR) is 69.6 cm³/mol. The number of ether oxygens (including phenoxy) is 1. The molecule has 0 aliphatic rings. The molecule has 0 unspecified atom stereocenters. The Morgan fingerprint density at radius 3 is 2.00 bits per heavy atom. The molecule has 12 heteroatoms. The Hall–Kier alpha value is -2.33. The Morgan fingerprint density at radius 1 is 0.917 bits per heavy atom. The number of nitrogens with zero attached hydrogens (tertiary/aromatic N) is 1. The molecule has 2 rings (SSSR count). The van der Waals surface area contributed by atoms with E-state index in [1.165, 1.54) is 0 Å². The molecule has 5 nitrogen and oxygen atoms in total. The van der Waals surface area contributed by atoms with Crippen molar-refractivity contribution in [1.29, 1.82) is 0 Å². The van der Waals surface area contributed by atoms with E-state index in [1.807, 2.05) is 0 Å². The van der Waals surface area contributed by atoms with E-state index in [-0.39, 0.29) is 0 Å². The summed E-state index contributed by atoms with van der Waals surface area (Å²) in [5, 5.41) is 20.4. The molecule has 0 saturated heterocycles. The summed E-state index contributed by atoms with van der Waals surface area (Å²) in [5.74, 6) is -16.0. The van der Waals surface area contributed by atoms with Crippen molar-refractivity contribution in [3.63, 3.8) is 0 Å². The van der Waals surface area contributed by atoms with E-state index >= 15 is 0 Å². The summed E-state index contributed by atoms with van der Waals surface area (Å²) in [6.07, 6.45) is 0. The van der Waals surface area contributed by atoms with Crippen LogP contribution in [0.5, 0.6) is 17.2 Å². The zero-order valence-electron chi connectivity index (χ0n) is 10.8. The minimum absolute atomic E-state index is 0.413. The van der Waals surface area contributed by atoms with Crippen molar-refractivity contribution < 1.29 is 36.7 Å². The van der Waals surface area contributed by atoms with Crippen molar-refractivity contribution in [2.45, 2.75) is 0 Å². The second kappa shape index (κ2) is 6.29. The van der Waals surface area contributed by atoms with Crippen LogP contribution in [-0.4, -0.2) is 4.92 Å². The van der Waals surface area contributed by atoms with Crippen LogP contribution in [-0.2, 0) is 5.11 Å². The summed E-state index contributed by atoms with van der Waals surface area (Å²) >= 11 is 10.8. The predicted octanol–water partition coefficient (Wildman–Crippen LogP) is 5.53. The Morgan fingerprint density at radius 2 is 1.46 bits per heavy atom. The lowest BCUT2D eigenvalue weighted by molar-refractivity contribution is -0.385. The molecule has 127 valence electrons. The second-order valence-corrected chi connectivity index (χ2v) is 4.89. The molecule has 0 aliphatic heterocycles. The van der Waals surface area contributed by atoms with Gasteiger partial charge < -0.3 is 4.74 Å². The standard InChI is InChI=1S/C12HCl2F5NO4/c13-2-1-3(20(22)23)11(4(14)5(2)15)24-12-9(19)7(17)6(16)8(18)10(12)21/h1H. The Labute approximate surface area is 138 Å². The van der Waals surface area contributed by atoms with Gasteiger partial charge in [0.2, 0.25) is 34.8 Å². The highest BCUT2D eigenvalue weighted by Gasteiger charge is 2.32. The number of benzene rings is 2. The van der Waals surface area contributed by atoms with Gasteiger partial charge in [0, 0.05) is 6.07 Å². The van der Waals surface area contributed by atoms with Gasteiger partial charge in [-0.25, -0.2) is 13.2 Å². The molecule has 0 aliphatic carbocycles. The van der Waals surface area contributed by atoms with Crippen molar-refractivity contribution in [3.8, 4) is 17.2 Å². The maximum atomic E-state index is 13.6. The molecule has 2 aromatic carbocycles. The molecular formula is C12HCl2F5NO4. The lowest BCUT2D eigenvalue weighted by Gasteiger charge is -2.11. The van der Waals surface area contributed by atoms with Crippen molar-refractivity contribution in [2.24, 2.45) is 0 Å². The highest BCUT2D eigenvalue weighted by molar-refractivity contribution is 6.36. The smallest absolute Gasteiger partial charge is 0.314 e. The van der Waals surface area contributed by atoms with Gasteiger partial charge in [-0.3, -0.25) is 15.2 Å². The SMILES string of the molecule is [O]c1c(F)c(F)c(F)c(F)c1Oc1c([N+](=O)[O-])cc(Cl)c(F)c1Cl. The fourth-order valence-corrected chi connectivity index (χ4v) is 2.07. The third-order valence-electron chi connectivity index (χ3n) is 2.68. The number of hydrogen-bond donors (Lipinski definition) is 0. The maximum Gasteiger partial charge on any atom is 0.314 e. The monoisotopic (exact) mass is 388 g/mol. The Balaban J connectivity index is 2.74. The first-order valence-electron chi connectivity index (χ1n) is 5.60. The van der Waals surface area contributed by atoms with Crippen molar-refractivity contribution >= 4 is 28.9 Å². The number of nitro groups is 1. The van der Waals surface area contributed by atoms with Gasteiger partial charge in [-0.05, 0) is 0 Å². The van der Waals surface area contributed by atoms with Gasteiger partial charge in [-0.15, -0.1) is 0 Å². The number of rotatable bonds is 3. The fraction of sp³-hybridized carbons (Fsp3) is 0. The second-order valence-electron chi connectivity index (χ2n) is 4.11. The topological polar surface area (TPSA) is 72.3 Å². The normalized spacial score (nSPS) is 10.8. The molecule has 0 amide bonds. The Kier molecular flexibility index (Phi) is 4.72. The zero-order chi connectivity index (χ0) is 18.3. The van der Waals surface area contributed by atoms with Crippen LogP contribution in [0, 0.1) is 39.2 Å². The molecule has 0 spiro atoms.